The third-order valence-corrected chi connectivity index (χ3v) is 2.92. The van der Waals surface area contributed by atoms with Crippen molar-refractivity contribution in [3.63, 3.8) is 0 Å². The van der Waals surface area contributed by atoms with Crippen LogP contribution in [0.3, 0.4) is 0 Å². The van der Waals surface area contributed by atoms with E-state index >= 15 is 0 Å². The fraction of sp³-hybridized carbons (Fsp3) is 0.231. The molecule has 0 aliphatic rings. The molecule has 8 heteroatoms. The third kappa shape index (κ3) is 2.31. The zero-order valence-corrected chi connectivity index (χ0v) is 11.6. The van der Waals surface area contributed by atoms with Gasteiger partial charge in [0.05, 0.1) is 24.6 Å². The first-order chi connectivity index (χ1) is 10.2. The van der Waals surface area contributed by atoms with Gasteiger partial charge in [0.15, 0.2) is 11.5 Å². The largest absolute Gasteiger partial charge is 0.462 e. The molecular weight excluding hydrogens is 272 g/mol. The molecule has 0 atom stereocenters. The van der Waals surface area contributed by atoms with E-state index in [4.69, 9.17) is 4.74 Å². The molecule has 0 aliphatic heterocycles. The van der Waals surface area contributed by atoms with E-state index in [0.29, 0.717) is 29.5 Å². The smallest absolute Gasteiger partial charge is 0.341 e. The number of hydrogen-bond acceptors (Lipinski definition) is 6. The second-order valence-corrected chi connectivity index (χ2v) is 4.25. The number of fused-ring (bicyclic) bond motifs is 1. The van der Waals surface area contributed by atoms with Crippen LogP contribution in [0.2, 0.25) is 0 Å². The summed E-state index contributed by atoms with van der Waals surface area (Å²) in [5, 5.41) is 7.14. The number of nitrogens with zero attached hydrogens (tertiary/aromatic N) is 5. The number of hydrogen-bond donors (Lipinski definition) is 1. The Morgan fingerprint density at radius 1 is 1.43 bits per heavy atom. The molecular formula is C13H14N6O2. The van der Waals surface area contributed by atoms with Gasteiger partial charge in [0.1, 0.15) is 5.82 Å². The lowest BCUT2D eigenvalue weighted by Gasteiger charge is -2.06. The van der Waals surface area contributed by atoms with Gasteiger partial charge >= 0.3 is 5.97 Å². The highest BCUT2D eigenvalue weighted by Crippen LogP contribution is 2.15. The molecule has 0 aromatic carbocycles. The maximum Gasteiger partial charge on any atom is 0.341 e. The van der Waals surface area contributed by atoms with Crippen LogP contribution in [0.5, 0.6) is 0 Å². The van der Waals surface area contributed by atoms with Gasteiger partial charge in [0, 0.05) is 25.6 Å². The molecule has 3 heterocycles. The Morgan fingerprint density at radius 2 is 2.29 bits per heavy atom. The monoisotopic (exact) mass is 286 g/mol. The number of imidazole rings is 1. The van der Waals surface area contributed by atoms with Crippen molar-refractivity contribution >= 4 is 17.4 Å². The van der Waals surface area contributed by atoms with E-state index in [1.807, 2.05) is 16.8 Å². The SMILES string of the molecule is CCOC(=O)c1cnn(-c2nc(NC)cn3ccnc23)c1. The number of anilines is 1. The normalized spacial score (nSPS) is 10.8. The predicted octanol–water partition coefficient (Wildman–Crippen LogP) is 1.13. The predicted molar refractivity (Wildman–Crippen MR) is 75.6 cm³/mol. The van der Waals surface area contributed by atoms with Crippen molar-refractivity contribution in [1.82, 2.24) is 24.1 Å². The van der Waals surface area contributed by atoms with Gasteiger partial charge < -0.3 is 14.5 Å². The molecule has 8 nitrogen and oxygen atoms in total. The molecule has 108 valence electrons. The molecule has 0 saturated carbocycles. The van der Waals surface area contributed by atoms with Gasteiger partial charge in [-0.05, 0) is 6.92 Å². The van der Waals surface area contributed by atoms with E-state index in [2.05, 4.69) is 20.4 Å². The standard InChI is InChI=1S/C13H14N6O2/c1-3-21-13(20)9-6-16-19(7-9)12-11-15-4-5-18(11)8-10(14-2)17-12/h4-8,14H,3H2,1-2H3. The Hall–Kier alpha value is -2.90. The summed E-state index contributed by atoms with van der Waals surface area (Å²) in [7, 11) is 1.78. The fourth-order valence-corrected chi connectivity index (χ4v) is 1.95. The molecule has 21 heavy (non-hydrogen) atoms. The van der Waals surface area contributed by atoms with Gasteiger partial charge in [-0.2, -0.15) is 5.10 Å². The molecule has 0 bridgehead atoms. The Morgan fingerprint density at radius 3 is 3.05 bits per heavy atom. The van der Waals surface area contributed by atoms with Gasteiger partial charge in [-0.3, -0.25) is 0 Å². The van der Waals surface area contributed by atoms with E-state index in [1.54, 1.807) is 26.4 Å². The Balaban J connectivity index is 2.07. The van der Waals surface area contributed by atoms with E-state index in [1.165, 1.54) is 10.9 Å². The van der Waals surface area contributed by atoms with Crippen LogP contribution in [0.25, 0.3) is 11.5 Å². The van der Waals surface area contributed by atoms with Crippen LogP contribution in [-0.4, -0.2) is 43.8 Å². The number of nitrogens with one attached hydrogen (secondary N) is 1. The van der Waals surface area contributed by atoms with Gasteiger partial charge in [0.25, 0.3) is 0 Å². The summed E-state index contributed by atoms with van der Waals surface area (Å²) >= 11 is 0. The maximum absolute atomic E-state index is 11.7. The summed E-state index contributed by atoms with van der Waals surface area (Å²) in [5.74, 6) is 0.791. The van der Waals surface area contributed by atoms with Gasteiger partial charge in [-0.15, -0.1) is 0 Å². The third-order valence-electron chi connectivity index (χ3n) is 2.92. The number of ether oxygens (including phenoxy) is 1. The van der Waals surface area contributed by atoms with Crippen molar-refractivity contribution < 1.29 is 9.53 Å². The molecule has 0 spiro atoms. The van der Waals surface area contributed by atoms with Gasteiger partial charge in [0.2, 0.25) is 0 Å². The van der Waals surface area contributed by atoms with Crippen LogP contribution < -0.4 is 5.32 Å². The van der Waals surface area contributed by atoms with E-state index in [0.717, 1.165) is 0 Å². The minimum atomic E-state index is -0.409. The first-order valence-corrected chi connectivity index (χ1v) is 6.46. The van der Waals surface area contributed by atoms with Crippen molar-refractivity contribution in [2.75, 3.05) is 19.0 Å². The summed E-state index contributed by atoms with van der Waals surface area (Å²) in [6, 6.07) is 0. The molecule has 3 aromatic rings. The maximum atomic E-state index is 11.7. The fourth-order valence-electron chi connectivity index (χ4n) is 1.95. The first-order valence-electron chi connectivity index (χ1n) is 6.46. The van der Waals surface area contributed by atoms with Gasteiger partial charge in [-0.1, -0.05) is 0 Å². The molecule has 0 unspecified atom stereocenters. The van der Waals surface area contributed by atoms with Crippen LogP contribution in [0.4, 0.5) is 5.82 Å². The molecule has 1 N–H and O–H groups in total. The highest BCUT2D eigenvalue weighted by atomic mass is 16.5. The summed E-state index contributed by atoms with van der Waals surface area (Å²) in [6.07, 6.45) is 8.34. The Bertz CT molecular complexity index is 791. The summed E-state index contributed by atoms with van der Waals surface area (Å²) in [4.78, 5) is 20.4. The number of esters is 1. The molecule has 0 saturated heterocycles. The van der Waals surface area contributed by atoms with Crippen LogP contribution in [0.1, 0.15) is 17.3 Å². The van der Waals surface area contributed by atoms with Crippen molar-refractivity contribution in [2.24, 2.45) is 0 Å². The minimum absolute atomic E-state index is 0.321. The summed E-state index contributed by atoms with van der Waals surface area (Å²) in [6.45, 7) is 2.08. The first kappa shape index (κ1) is 13.1. The van der Waals surface area contributed by atoms with E-state index < -0.39 is 5.97 Å². The van der Waals surface area contributed by atoms with Crippen molar-refractivity contribution in [1.29, 1.82) is 0 Å². The highest BCUT2D eigenvalue weighted by Gasteiger charge is 2.14. The van der Waals surface area contributed by atoms with Crippen molar-refractivity contribution in [3.05, 3.63) is 36.5 Å². The minimum Gasteiger partial charge on any atom is -0.462 e. The van der Waals surface area contributed by atoms with Gasteiger partial charge in [-0.25, -0.2) is 19.4 Å². The average molecular weight is 286 g/mol. The van der Waals surface area contributed by atoms with E-state index in [9.17, 15) is 4.79 Å². The van der Waals surface area contributed by atoms with E-state index in [-0.39, 0.29) is 0 Å². The quantitative estimate of drug-likeness (QED) is 0.724. The molecule has 0 radical (unpaired) electrons. The lowest BCUT2D eigenvalue weighted by Crippen LogP contribution is -2.06. The van der Waals surface area contributed by atoms with Crippen LogP contribution >= 0.6 is 0 Å². The second-order valence-electron chi connectivity index (χ2n) is 4.25. The van der Waals surface area contributed by atoms with Crippen molar-refractivity contribution in [3.8, 4) is 5.82 Å². The summed E-state index contributed by atoms with van der Waals surface area (Å²) in [5.41, 5.74) is 1.02. The second kappa shape index (κ2) is 5.23. The highest BCUT2D eigenvalue weighted by molar-refractivity contribution is 5.88. The zero-order chi connectivity index (χ0) is 14.8. The van der Waals surface area contributed by atoms with Crippen molar-refractivity contribution in [2.45, 2.75) is 6.92 Å². The lowest BCUT2D eigenvalue weighted by atomic mass is 10.4. The Labute approximate surface area is 120 Å². The zero-order valence-electron chi connectivity index (χ0n) is 11.6. The number of carbonyl (C=O) groups is 1. The molecule has 3 aromatic heterocycles. The molecule has 3 rings (SSSR count). The summed E-state index contributed by atoms with van der Waals surface area (Å²) < 4.78 is 8.29. The number of carbonyl (C=O) groups excluding carboxylic acids is 1. The number of aromatic nitrogens is 5. The Kier molecular flexibility index (Phi) is 3.27. The molecule has 0 fully saturated rings. The molecule has 0 amide bonds. The molecule has 0 aliphatic carbocycles. The lowest BCUT2D eigenvalue weighted by molar-refractivity contribution is 0.0526. The van der Waals surface area contributed by atoms with Crippen LogP contribution in [0, 0.1) is 0 Å². The van der Waals surface area contributed by atoms with Crippen LogP contribution in [0.15, 0.2) is 31.0 Å². The number of rotatable bonds is 4. The topological polar surface area (TPSA) is 86.3 Å². The average Bonchev–Trinajstić information content (AvgIpc) is 3.15. The van der Waals surface area contributed by atoms with Crippen LogP contribution in [-0.2, 0) is 4.74 Å².